The van der Waals surface area contributed by atoms with Crippen LogP contribution in [0, 0.1) is 5.92 Å². The summed E-state index contributed by atoms with van der Waals surface area (Å²) in [5.74, 6) is -0.226. The maximum Gasteiger partial charge on any atom is 0.350 e. The normalized spacial score (nSPS) is 24.0. The summed E-state index contributed by atoms with van der Waals surface area (Å²) in [4.78, 5) is 29.3. The fourth-order valence-corrected chi connectivity index (χ4v) is 5.46. The third kappa shape index (κ3) is 4.67. The van der Waals surface area contributed by atoms with Crippen LogP contribution < -0.4 is 4.90 Å². The quantitative estimate of drug-likeness (QED) is 0.727. The lowest BCUT2D eigenvalue weighted by atomic mass is 9.82. The molecule has 7 heteroatoms. The fourth-order valence-electron chi connectivity index (χ4n) is 4.34. The molecule has 2 atom stereocenters. The lowest BCUT2D eigenvalue weighted by Gasteiger charge is -2.44. The fraction of sp³-hybridized carbons (Fsp3) is 0.727. The summed E-state index contributed by atoms with van der Waals surface area (Å²) >= 11 is 1.40. The van der Waals surface area contributed by atoms with Crippen molar-refractivity contribution in [2.45, 2.75) is 76.9 Å². The van der Waals surface area contributed by atoms with Crippen molar-refractivity contribution < 1.29 is 24.2 Å². The molecule has 29 heavy (non-hydrogen) atoms. The van der Waals surface area contributed by atoms with E-state index in [1.54, 1.807) is 4.90 Å². The number of carbonyl (C=O) groups excluding carboxylic acids is 2. The third-order valence-electron chi connectivity index (χ3n) is 5.98. The second-order valence-electron chi connectivity index (χ2n) is 9.07. The summed E-state index contributed by atoms with van der Waals surface area (Å²) in [6.45, 7) is 6.61. The minimum Gasteiger partial charge on any atom is -0.465 e. The highest BCUT2D eigenvalue weighted by Crippen LogP contribution is 2.42. The molecule has 1 aromatic rings. The summed E-state index contributed by atoms with van der Waals surface area (Å²) in [6, 6.07) is 1.88. The van der Waals surface area contributed by atoms with Crippen molar-refractivity contribution in [3.8, 4) is 0 Å². The monoisotopic (exact) mass is 423 g/mol. The first-order chi connectivity index (χ1) is 13.8. The van der Waals surface area contributed by atoms with E-state index in [1.165, 1.54) is 24.9 Å². The Morgan fingerprint density at radius 3 is 2.59 bits per heavy atom. The molecule has 1 aliphatic heterocycles. The smallest absolute Gasteiger partial charge is 0.350 e. The van der Waals surface area contributed by atoms with Crippen LogP contribution in [-0.2, 0) is 19.7 Å². The molecule has 3 rings (SSSR count). The number of thiophene rings is 1. The van der Waals surface area contributed by atoms with Gasteiger partial charge in [0.25, 0.3) is 5.91 Å². The van der Waals surface area contributed by atoms with Gasteiger partial charge in [-0.1, -0.05) is 40.0 Å². The number of aliphatic hydroxyl groups is 1. The molecule has 1 saturated carbocycles. The summed E-state index contributed by atoms with van der Waals surface area (Å²) in [5.41, 5.74) is 0.491. The molecule has 1 amide bonds. The first kappa shape index (κ1) is 22.2. The van der Waals surface area contributed by atoms with Crippen LogP contribution in [0.2, 0.25) is 0 Å². The molecule has 0 bridgehead atoms. The molecule has 2 aliphatic rings. The van der Waals surface area contributed by atoms with Crippen LogP contribution in [-0.4, -0.2) is 49.5 Å². The van der Waals surface area contributed by atoms with Crippen LogP contribution in [0.3, 0.4) is 0 Å². The van der Waals surface area contributed by atoms with Gasteiger partial charge in [-0.25, -0.2) is 4.79 Å². The van der Waals surface area contributed by atoms with E-state index < -0.39 is 12.1 Å². The van der Waals surface area contributed by atoms with E-state index in [1.807, 2.05) is 6.07 Å². The molecular formula is C22H33NO5S. The number of esters is 1. The highest BCUT2D eigenvalue weighted by molar-refractivity contribution is 7.14. The largest absolute Gasteiger partial charge is 0.465 e. The van der Waals surface area contributed by atoms with E-state index in [0.717, 1.165) is 30.6 Å². The van der Waals surface area contributed by atoms with Gasteiger partial charge in [-0.2, -0.15) is 0 Å². The standard InChI is InChI=1S/C22H33NO5S/c1-22(2,3)18-12-15(19(29-18)21(26)27-4)23-16(14-8-6-5-7-9-14)13-28-17(10-11-24)20(23)25/h12,14,16-17,24H,5-11,13H2,1-4H3/t16-,17+/m0/s1. The highest BCUT2D eigenvalue weighted by Gasteiger charge is 2.43. The van der Waals surface area contributed by atoms with Gasteiger partial charge in [0.15, 0.2) is 0 Å². The first-order valence-corrected chi connectivity index (χ1v) is 11.4. The Hall–Kier alpha value is -1.44. The molecule has 1 N–H and O–H groups in total. The molecule has 0 spiro atoms. The number of amides is 1. The molecule has 2 fully saturated rings. The van der Waals surface area contributed by atoms with Gasteiger partial charge in [0.2, 0.25) is 0 Å². The minimum absolute atomic E-state index is 0.0939. The Labute approximate surface area is 177 Å². The maximum atomic E-state index is 13.4. The van der Waals surface area contributed by atoms with Crippen molar-refractivity contribution in [1.82, 2.24) is 0 Å². The summed E-state index contributed by atoms with van der Waals surface area (Å²) in [7, 11) is 1.37. The Morgan fingerprint density at radius 1 is 1.31 bits per heavy atom. The molecule has 1 aliphatic carbocycles. The van der Waals surface area contributed by atoms with Crippen LogP contribution in [0.5, 0.6) is 0 Å². The lowest BCUT2D eigenvalue weighted by Crippen LogP contribution is -2.57. The molecule has 1 saturated heterocycles. The summed E-state index contributed by atoms with van der Waals surface area (Å²) in [6.07, 6.45) is 5.25. The van der Waals surface area contributed by atoms with Crippen molar-refractivity contribution >= 4 is 28.9 Å². The SMILES string of the molecule is COC(=O)c1sc(C(C)(C)C)cc1N1C(=O)[C@@H](CCO)OC[C@H]1C1CCCCC1. The van der Waals surface area contributed by atoms with Crippen molar-refractivity contribution in [3.05, 3.63) is 15.8 Å². The molecule has 6 nitrogen and oxygen atoms in total. The second kappa shape index (κ2) is 9.14. The number of hydrogen-bond donors (Lipinski definition) is 1. The van der Waals surface area contributed by atoms with Gasteiger partial charge in [0.05, 0.1) is 25.4 Å². The van der Waals surface area contributed by atoms with E-state index in [9.17, 15) is 14.7 Å². The van der Waals surface area contributed by atoms with E-state index in [4.69, 9.17) is 9.47 Å². The molecule has 2 heterocycles. The molecular weight excluding hydrogens is 390 g/mol. The Morgan fingerprint density at radius 2 is 2.00 bits per heavy atom. The van der Waals surface area contributed by atoms with Crippen LogP contribution >= 0.6 is 11.3 Å². The van der Waals surface area contributed by atoms with Crippen LogP contribution in [0.4, 0.5) is 5.69 Å². The van der Waals surface area contributed by atoms with Gasteiger partial charge in [-0.05, 0) is 30.2 Å². The Balaban J connectivity index is 2.06. The number of carbonyl (C=O) groups is 2. The van der Waals surface area contributed by atoms with Crippen LogP contribution in [0.25, 0.3) is 0 Å². The predicted octanol–water partition coefficient (Wildman–Crippen LogP) is 3.90. The minimum atomic E-state index is -0.677. The van der Waals surface area contributed by atoms with Crippen LogP contribution in [0.15, 0.2) is 6.07 Å². The molecule has 0 radical (unpaired) electrons. The average molecular weight is 424 g/mol. The molecule has 1 aromatic heterocycles. The zero-order chi connectivity index (χ0) is 21.2. The number of morpholine rings is 1. The van der Waals surface area contributed by atoms with E-state index >= 15 is 0 Å². The van der Waals surface area contributed by atoms with E-state index in [2.05, 4.69) is 20.8 Å². The third-order valence-corrected chi connectivity index (χ3v) is 7.51. The van der Waals surface area contributed by atoms with Crippen molar-refractivity contribution in [3.63, 3.8) is 0 Å². The summed E-state index contributed by atoms with van der Waals surface area (Å²) < 4.78 is 10.9. The van der Waals surface area contributed by atoms with Crippen LogP contribution in [0.1, 0.15) is 73.8 Å². The van der Waals surface area contributed by atoms with E-state index in [-0.39, 0.29) is 30.4 Å². The van der Waals surface area contributed by atoms with Gasteiger partial charge in [-0.3, -0.25) is 4.79 Å². The van der Waals surface area contributed by atoms with Gasteiger partial charge in [0, 0.05) is 17.9 Å². The first-order valence-electron chi connectivity index (χ1n) is 10.6. The topological polar surface area (TPSA) is 76.1 Å². The average Bonchev–Trinajstić information content (AvgIpc) is 3.15. The summed E-state index contributed by atoms with van der Waals surface area (Å²) in [5, 5.41) is 9.38. The maximum absolute atomic E-state index is 13.4. The van der Waals surface area contributed by atoms with Gasteiger partial charge in [0.1, 0.15) is 11.0 Å². The zero-order valence-corrected chi connectivity index (χ0v) is 18.7. The van der Waals surface area contributed by atoms with Gasteiger partial charge >= 0.3 is 5.97 Å². The van der Waals surface area contributed by atoms with Crippen molar-refractivity contribution in [2.24, 2.45) is 5.92 Å². The number of hydrogen-bond acceptors (Lipinski definition) is 6. The van der Waals surface area contributed by atoms with E-state index in [0.29, 0.717) is 23.1 Å². The number of nitrogens with zero attached hydrogens (tertiary/aromatic N) is 1. The van der Waals surface area contributed by atoms with Gasteiger partial charge < -0.3 is 19.5 Å². The lowest BCUT2D eigenvalue weighted by molar-refractivity contribution is -0.138. The Kier molecular flexibility index (Phi) is 7.02. The molecule has 0 aromatic carbocycles. The molecule has 162 valence electrons. The number of ether oxygens (including phenoxy) is 2. The number of aliphatic hydroxyl groups excluding tert-OH is 1. The zero-order valence-electron chi connectivity index (χ0n) is 17.9. The number of rotatable bonds is 5. The van der Waals surface area contributed by atoms with Crippen molar-refractivity contribution in [1.29, 1.82) is 0 Å². The van der Waals surface area contributed by atoms with Crippen molar-refractivity contribution in [2.75, 3.05) is 25.2 Å². The highest BCUT2D eigenvalue weighted by atomic mass is 32.1. The molecule has 0 unspecified atom stereocenters. The van der Waals surface area contributed by atoms with Gasteiger partial charge in [-0.15, -0.1) is 11.3 Å². The second-order valence-corrected chi connectivity index (χ2v) is 10.1. The number of methoxy groups -OCH3 is 1. The number of anilines is 1. The Bertz CT molecular complexity index is 732. The predicted molar refractivity (Wildman–Crippen MR) is 114 cm³/mol.